The average molecular weight is 243 g/mol. The molecule has 1 aromatic heterocycles. The van der Waals surface area contributed by atoms with Gasteiger partial charge in [-0.25, -0.2) is 9.67 Å². The van der Waals surface area contributed by atoms with Gasteiger partial charge in [-0.2, -0.15) is 5.10 Å². The number of methoxy groups -OCH3 is 1. The Balaban J connectivity index is 1.76. The number of aryl methyl sites for hydroxylation is 2. The van der Waals surface area contributed by atoms with Crippen LogP contribution in [0.2, 0.25) is 0 Å². The van der Waals surface area contributed by atoms with E-state index in [9.17, 15) is 0 Å². The molecular weight excluding hydrogens is 226 g/mol. The monoisotopic (exact) mass is 243 g/mol. The lowest BCUT2D eigenvalue weighted by Gasteiger charge is -2.09. The van der Waals surface area contributed by atoms with Crippen molar-refractivity contribution in [3.05, 3.63) is 41.5 Å². The van der Waals surface area contributed by atoms with Crippen molar-refractivity contribution in [2.24, 2.45) is 0 Å². The number of hydrogen-bond donors (Lipinski definition) is 0. The van der Waals surface area contributed by atoms with E-state index < -0.39 is 0 Å². The summed E-state index contributed by atoms with van der Waals surface area (Å²) in [5, 5.41) is 4.56. The lowest BCUT2D eigenvalue weighted by atomic mass is 10.1. The lowest BCUT2D eigenvalue weighted by Crippen LogP contribution is -2.11. The number of hydrogen-bond acceptors (Lipinski definition) is 3. The van der Waals surface area contributed by atoms with Crippen LogP contribution in [0.15, 0.2) is 24.3 Å². The highest BCUT2D eigenvalue weighted by molar-refractivity contribution is 5.28. The predicted molar refractivity (Wildman–Crippen MR) is 68.8 cm³/mol. The second-order valence-corrected chi connectivity index (χ2v) is 4.65. The van der Waals surface area contributed by atoms with Gasteiger partial charge < -0.3 is 4.74 Å². The molecule has 0 amide bonds. The molecule has 0 fully saturated rings. The highest BCUT2D eigenvalue weighted by atomic mass is 16.5. The van der Waals surface area contributed by atoms with Crippen LogP contribution in [0.1, 0.15) is 30.1 Å². The van der Waals surface area contributed by atoms with E-state index >= 15 is 0 Å². The van der Waals surface area contributed by atoms with Gasteiger partial charge in [0, 0.05) is 19.4 Å². The zero-order valence-corrected chi connectivity index (χ0v) is 10.6. The van der Waals surface area contributed by atoms with Gasteiger partial charge in [0.15, 0.2) is 5.82 Å². The molecule has 1 aromatic carbocycles. The summed E-state index contributed by atoms with van der Waals surface area (Å²) in [7, 11) is 1.68. The summed E-state index contributed by atoms with van der Waals surface area (Å²) in [6.07, 6.45) is 4.32. The summed E-state index contributed by atoms with van der Waals surface area (Å²) in [4.78, 5) is 4.61. The lowest BCUT2D eigenvalue weighted by molar-refractivity contribution is 0.414. The van der Waals surface area contributed by atoms with Gasteiger partial charge in [0.25, 0.3) is 0 Å². The van der Waals surface area contributed by atoms with Crippen LogP contribution in [-0.4, -0.2) is 21.9 Å². The standard InChI is InChI=1S/C14H17N3O/c1-18-12-7-5-11(6-8-12)10-13-15-14-4-2-3-9-17(14)16-13/h5-8H,2-4,9-10H2,1H3. The Morgan fingerprint density at radius 3 is 2.78 bits per heavy atom. The van der Waals surface area contributed by atoms with Crippen molar-refractivity contribution in [3.8, 4) is 5.75 Å². The molecule has 1 aliphatic heterocycles. The molecule has 2 aromatic rings. The fourth-order valence-corrected chi connectivity index (χ4v) is 2.34. The zero-order chi connectivity index (χ0) is 12.4. The maximum absolute atomic E-state index is 5.15. The van der Waals surface area contributed by atoms with Gasteiger partial charge >= 0.3 is 0 Å². The molecule has 0 radical (unpaired) electrons. The number of aromatic nitrogens is 3. The van der Waals surface area contributed by atoms with E-state index in [2.05, 4.69) is 26.9 Å². The van der Waals surface area contributed by atoms with E-state index in [1.165, 1.54) is 18.4 Å². The second-order valence-electron chi connectivity index (χ2n) is 4.65. The third kappa shape index (κ3) is 2.23. The van der Waals surface area contributed by atoms with E-state index in [4.69, 9.17) is 4.74 Å². The first-order chi connectivity index (χ1) is 8.85. The van der Waals surface area contributed by atoms with Gasteiger partial charge in [0.05, 0.1) is 7.11 Å². The predicted octanol–water partition coefficient (Wildman–Crippen LogP) is 2.21. The fraction of sp³-hybridized carbons (Fsp3) is 0.429. The average Bonchev–Trinajstić information content (AvgIpc) is 2.82. The van der Waals surface area contributed by atoms with Gasteiger partial charge in [-0.3, -0.25) is 0 Å². The van der Waals surface area contributed by atoms with Crippen molar-refractivity contribution in [2.75, 3.05) is 7.11 Å². The normalized spacial score (nSPS) is 14.3. The molecule has 18 heavy (non-hydrogen) atoms. The minimum Gasteiger partial charge on any atom is -0.497 e. The Kier molecular flexibility index (Phi) is 3.00. The highest BCUT2D eigenvalue weighted by Crippen LogP contribution is 2.16. The summed E-state index contributed by atoms with van der Waals surface area (Å²) in [5.74, 6) is 2.96. The van der Waals surface area contributed by atoms with Crippen molar-refractivity contribution in [1.82, 2.24) is 14.8 Å². The van der Waals surface area contributed by atoms with Crippen LogP contribution in [0.25, 0.3) is 0 Å². The molecule has 0 saturated heterocycles. The molecular formula is C14H17N3O. The molecule has 0 N–H and O–H groups in total. The van der Waals surface area contributed by atoms with E-state index in [1.807, 2.05) is 12.1 Å². The molecule has 4 heteroatoms. The van der Waals surface area contributed by atoms with Crippen molar-refractivity contribution in [1.29, 1.82) is 0 Å². The maximum atomic E-state index is 5.15. The molecule has 0 unspecified atom stereocenters. The first kappa shape index (κ1) is 11.3. The number of ether oxygens (including phenoxy) is 1. The van der Waals surface area contributed by atoms with E-state index in [1.54, 1.807) is 7.11 Å². The van der Waals surface area contributed by atoms with Crippen LogP contribution in [0, 0.1) is 0 Å². The Hall–Kier alpha value is -1.84. The van der Waals surface area contributed by atoms with E-state index in [-0.39, 0.29) is 0 Å². The molecule has 4 nitrogen and oxygen atoms in total. The summed E-state index contributed by atoms with van der Waals surface area (Å²) >= 11 is 0. The molecule has 0 atom stereocenters. The quantitative estimate of drug-likeness (QED) is 0.829. The van der Waals surface area contributed by atoms with Crippen LogP contribution >= 0.6 is 0 Å². The van der Waals surface area contributed by atoms with Crippen LogP contribution < -0.4 is 4.74 Å². The Labute approximate surface area is 107 Å². The minimum absolute atomic E-state index is 0.796. The van der Waals surface area contributed by atoms with E-state index in [0.717, 1.165) is 36.8 Å². The fourth-order valence-electron chi connectivity index (χ4n) is 2.34. The molecule has 94 valence electrons. The summed E-state index contributed by atoms with van der Waals surface area (Å²) < 4.78 is 7.21. The van der Waals surface area contributed by atoms with Gasteiger partial charge in [-0.1, -0.05) is 12.1 Å². The SMILES string of the molecule is COc1ccc(Cc2nc3n(n2)CCCC3)cc1. The molecule has 0 aliphatic carbocycles. The van der Waals surface area contributed by atoms with Gasteiger partial charge in [0.1, 0.15) is 11.6 Å². The number of nitrogens with zero attached hydrogens (tertiary/aromatic N) is 3. The third-order valence-corrected chi connectivity index (χ3v) is 3.33. The van der Waals surface area contributed by atoms with E-state index in [0.29, 0.717) is 0 Å². The molecule has 0 saturated carbocycles. The maximum Gasteiger partial charge on any atom is 0.155 e. The van der Waals surface area contributed by atoms with Crippen molar-refractivity contribution >= 4 is 0 Å². The molecule has 3 rings (SSSR count). The molecule has 0 spiro atoms. The second kappa shape index (κ2) is 4.80. The van der Waals surface area contributed by atoms with Crippen molar-refractivity contribution in [2.45, 2.75) is 32.2 Å². The van der Waals surface area contributed by atoms with Crippen molar-refractivity contribution in [3.63, 3.8) is 0 Å². The third-order valence-electron chi connectivity index (χ3n) is 3.33. The number of benzene rings is 1. The van der Waals surface area contributed by atoms with Crippen molar-refractivity contribution < 1.29 is 4.74 Å². The molecule has 0 bridgehead atoms. The first-order valence-corrected chi connectivity index (χ1v) is 6.41. The van der Waals surface area contributed by atoms with Crippen LogP contribution in [-0.2, 0) is 19.4 Å². The summed E-state index contributed by atoms with van der Waals surface area (Å²) in [6.45, 7) is 1.02. The summed E-state index contributed by atoms with van der Waals surface area (Å²) in [5.41, 5.74) is 1.22. The van der Waals surface area contributed by atoms with Gasteiger partial charge in [-0.15, -0.1) is 0 Å². The highest BCUT2D eigenvalue weighted by Gasteiger charge is 2.13. The van der Waals surface area contributed by atoms with Gasteiger partial charge in [-0.05, 0) is 30.5 Å². The first-order valence-electron chi connectivity index (χ1n) is 6.41. The summed E-state index contributed by atoms with van der Waals surface area (Å²) in [6, 6.07) is 8.09. The molecule has 1 aliphatic rings. The van der Waals surface area contributed by atoms with Crippen LogP contribution in [0.5, 0.6) is 5.75 Å². The van der Waals surface area contributed by atoms with Crippen LogP contribution in [0.3, 0.4) is 0 Å². The van der Waals surface area contributed by atoms with Crippen LogP contribution in [0.4, 0.5) is 0 Å². The number of rotatable bonds is 3. The topological polar surface area (TPSA) is 39.9 Å². The Bertz CT molecular complexity index is 507. The number of fused-ring (bicyclic) bond motifs is 1. The Morgan fingerprint density at radius 2 is 2.06 bits per heavy atom. The zero-order valence-electron chi connectivity index (χ0n) is 10.6. The molecule has 2 heterocycles. The minimum atomic E-state index is 0.796. The largest absolute Gasteiger partial charge is 0.497 e. The smallest absolute Gasteiger partial charge is 0.155 e. The van der Waals surface area contributed by atoms with Gasteiger partial charge in [0.2, 0.25) is 0 Å². The Morgan fingerprint density at radius 1 is 1.22 bits per heavy atom.